The van der Waals surface area contributed by atoms with Crippen LogP contribution in [0, 0.1) is 5.92 Å². The highest BCUT2D eigenvalue weighted by Gasteiger charge is 2.46. The first-order valence-electron chi connectivity index (χ1n) is 4.05. The van der Waals surface area contributed by atoms with Crippen LogP contribution in [0.15, 0.2) is 0 Å². The first kappa shape index (κ1) is 9.86. The number of aliphatic hydroxyl groups is 1. The van der Waals surface area contributed by atoms with Gasteiger partial charge in [-0.05, 0) is 19.1 Å². The molecular weight excluding hydrogens is 176 g/mol. The summed E-state index contributed by atoms with van der Waals surface area (Å²) in [4.78, 5) is 10.7. The molecule has 0 bridgehead atoms. The van der Waals surface area contributed by atoms with Crippen LogP contribution in [0.1, 0.15) is 20.3 Å². The minimum Gasteiger partial charge on any atom is -0.481 e. The molecule has 0 aromatic carbocycles. The third-order valence-electron chi connectivity index (χ3n) is 2.69. The molecule has 0 radical (unpaired) electrons. The van der Waals surface area contributed by atoms with E-state index < -0.39 is 17.5 Å². The van der Waals surface area contributed by atoms with E-state index in [-0.39, 0.29) is 5.25 Å². The van der Waals surface area contributed by atoms with E-state index in [1.807, 2.05) is 6.92 Å². The van der Waals surface area contributed by atoms with Gasteiger partial charge in [0, 0.05) is 5.25 Å². The Balaban J connectivity index is 2.76. The number of hydrogen-bond acceptors (Lipinski definition) is 3. The topological polar surface area (TPSA) is 57.5 Å². The maximum Gasteiger partial charge on any atom is 0.309 e. The van der Waals surface area contributed by atoms with Gasteiger partial charge in [-0.3, -0.25) is 4.79 Å². The maximum atomic E-state index is 10.7. The van der Waals surface area contributed by atoms with Gasteiger partial charge in [-0.2, -0.15) is 11.8 Å². The summed E-state index contributed by atoms with van der Waals surface area (Å²) in [6, 6.07) is 0. The number of carbonyl (C=O) groups is 1. The van der Waals surface area contributed by atoms with Gasteiger partial charge in [0.2, 0.25) is 0 Å². The van der Waals surface area contributed by atoms with Gasteiger partial charge >= 0.3 is 5.97 Å². The molecule has 1 saturated heterocycles. The molecule has 0 spiro atoms. The summed E-state index contributed by atoms with van der Waals surface area (Å²) in [5, 5.41) is 18.8. The Hall–Kier alpha value is -0.220. The molecule has 70 valence electrons. The monoisotopic (exact) mass is 190 g/mol. The quantitative estimate of drug-likeness (QED) is 0.681. The Morgan fingerprint density at radius 1 is 1.75 bits per heavy atom. The highest BCUT2D eigenvalue weighted by atomic mass is 32.2. The Morgan fingerprint density at radius 2 is 2.33 bits per heavy atom. The van der Waals surface area contributed by atoms with Crippen molar-refractivity contribution >= 4 is 17.7 Å². The average Bonchev–Trinajstić information content (AvgIpc) is 2.32. The van der Waals surface area contributed by atoms with Gasteiger partial charge in [0.25, 0.3) is 0 Å². The van der Waals surface area contributed by atoms with E-state index in [2.05, 4.69) is 0 Å². The van der Waals surface area contributed by atoms with E-state index in [4.69, 9.17) is 5.11 Å². The van der Waals surface area contributed by atoms with Crippen LogP contribution in [0.3, 0.4) is 0 Å². The molecule has 1 rings (SSSR count). The molecule has 2 N–H and O–H groups in total. The lowest BCUT2D eigenvalue weighted by Gasteiger charge is -2.30. The third-order valence-corrected chi connectivity index (χ3v) is 4.04. The van der Waals surface area contributed by atoms with Gasteiger partial charge in [0.1, 0.15) is 0 Å². The summed E-state index contributed by atoms with van der Waals surface area (Å²) in [6.07, 6.45) is 0.590. The van der Waals surface area contributed by atoms with E-state index in [1.165, 1.54) is 0 Å². The van der Waals surface area contributed by atoms with E-state index in [1.54, 1.807) is 18.7 Å². The fourth-order valence-electron chi connectivity index (χ4n) is 1.53. The largest absolute Gasteiger partial charge is 0.481 e. The molecule has 12 heavy (non-hydrogen) atoms. The molecule has 1 heterocycles. The predicted octanol–water partition coefficient (Wildman–Crippen LogP) is 0.964. The van der Waals surface area contributed by atoms with Gasteiger partial charge in [-0.1, -0.05) is 6.92 Å². The second-order valence-electron chi connectivity index (χ2n) is 3.31. The van der Waals surface area contributed by atoms with Crippen molar-refractivity contribution in [3.8, 4) is 0 Å². The zero-order valence-electron chi connectivity index (χ0n) is 7.28. The van der Waals surface area contributed by atoms with Crippen molar-refractivity contribution in [2.45, 2.75) is 31.1 Å². The number of aliphatic carboxylic acids is 1. The van der Waals surface area contributed by atoms with Crippen molar-refractivity contribution in [2.24, 2.45) is 5.92 Å². The van der Waals surface area contributed by atoms with Gasteiger partial charge in [-0.15, -0.1) is 0 Å². The van der Waals surface area contributed by atoms with E-state index >= 15 is 0 Å². The minimum atomic E-state index is -1.00. The Bertz CT molecular complexity index is 195. The molecule has 1 aliphatic rings. The van der Waals surface area contributed by atoms with Crippen molar-refractivity contribution in [1.29, 1.82) is 0 Å². The van der Waals surface area contributed by atoms with Crippen LogP contribution >= 0.6 is 11.8 Å². The fourth-order valence-corrected chi connectivity index (χ4v) is 2.94. The first-order chi connectivity index (χ1) is 5.48. The zero-order chi connectivity index (χ0) is 9.35. The summed E-state index contributed by atoms with van der Waals surface area (Å²) in [5.74, 6) is -0.718. The van der Waals surface area contributed by atoms with Gasteiger partial charge in [0.15, 0.2) is 0 Å². The molecule has 1 aliphatic heterocycles. The maximum absolute atomic E-state index is 10.7. The second kappa shape index (κ2) is 3.26. The van der Waals surface area contributed by atoms with Crippen LogP contribution < -0.4 is 0 Å². The number of thioether (sulfide) groups is 1. The lowest BCUT2D eigenvalue weighted by atomic mass is 9.84. The first-order valence-corrected chi connectivity index (χ1v) is 5.10. The lowest BCUT2D eigenvalue weighted by Crippen LogP contribution is -2.45. The molecule has 3 nitrogen and oxygen atoms in total. The van der Waals surface area contributed by atoms with Gasteiger partial charge in [0.05, 0.1) is 11.5 Å². The number of carboxylic acids is 1. The van der Waals surface area contributed by atoms with Crippen molar-refractivity contribution in [1.82, 2.24) is 0 Å². The molecule has 4 heteroatoms. The van der Waals surface area contributed by atoms with Gasteiger partial charge < -0.3 is 10.2 Å². The molecule has 0 aliphatic carbocycles. The molecule has 0 amide bonds. The Morgan fingerprint density at radius 3 is 2.67 bits per heavy atom. The van der Waals surface area contributed by atoms with Crippen molar-refractivity contribution < 1.29 is 15.0 Å². The third kappa shape index (κ3) is 1.45. The number of carboxylic acid groups (broad SMARTS) is 1. The molecule has 1 fully saturated rings. The number of rotatable bonds is 2. The lowest BCUT2D eigenvalue weighted by molar-refractivity contribution is -0.150. The van der Waals surface area contributed by atoms with E-state index in [9.17, 15) is 9.90 Å². The second-order valence-corrected chi connectivity index (χ2v) is 4.76. The SMILES string of the molecule is CC1SCCC1(O)C(C)C(=O)O. The zero-order valence-corrected chi connectivity index (χ0v) is 8.10. The minimum absolute atomic E-state index is 0.0311. The summed E-state index contributed by atoms with van der Waals surface area (Å²) < 4.78 is 0. The summed E-state index contributed by atoms with van der Waals surface area (Å²) in [5.41, 5.74) is -1.00. The molecule has 0 aromatic heterocycles. The molecule has 0 saturated carbocycles. The standard InChI is InChI=1S/C8H14O3S/c1-5(7(9)10)8(11)3-4-12-6(8)2/h5-6,11H,3-4H2,1-2H3,(H,9,10). The van der Waals surface area contributed by atoms with Crippen LogP contribution in [0.25, 0.3) is 0 Å². The van der Waals surface area contributed by atoms with Crippen LogP contribution in [0.4, 0.5) is 0 Å². The number of hydrogen-bond donors (Lipinski definition) is 2. The van der Waals surface area contributed by atoms with Crippen LogP contribution in [-0.4, -0.2) is 32.8 Å². The highest BCUT2D eigenvalue weighted by Crippen LogP contribution is 2.40. The fraction of sp³-hybridized carbons (Fsp3) is 0.875. The molecule has 3 atom stereocenters. The average molecular weight is 190 g/mol. The van der Waals surface area contributed by atoms with E-state index in [0.29, 0.717) is 6.42 Å². The summed E-state index contributed by atoms with van der Waals surface area (Å²) in [6.45, 7) is 3.46. The van der Waals surface area contributed by atoms with E-state index in [0.717, 1.165) is 5.75 Å². The van der Waals surface area contributed by atoms with Gasteiger partial charge in [-0.25, -0.2) is 0 Å². The highest BCUT2D eigenvalue weighted by molar-refractivity contribution is 8.00. The van der Waals surface area contributed by atoms with Crippen molar-refractivity contribution in [3.63, 3.8) is 0 Å². The smallest absolute Gasteiger partial charge is 0.309 e. The van der Waals surface area contributed by atoms with Crippen LogP contribution in [0.5, 0.6) is 0 Å². The summed E-state index contributed by atoms with van der Waals surface area (Å²) >= 11 is 1.64. The Kier molecular flexibility index (Phi) is 2.68. The molecule has 3 unspecified atom stereocenters. The predicted molar refractivity (Wildman–Crippen MR) is 48.3 cm³/mol. The Labute approximate surface area is 76.2 Å². The normalized spacial score (nSPS) is 38.1. The molecule has 0 aromatic rings. The van der Waals surface area contributed by atoms with Crippen LogP contribution in [0.2, 0.25) is 0 Å². The van der Waals surface area contributed by atoms with Crippen LogP contribution in [-0.2, 0) is 4.79 Å². The van der Waals surface area contributed by atoms with Crippen molar-refractivity contribution in [3.05, 3.63) is 0 Å². The summed E-state index contributed by atoms with van der Waals surface area (Å²) in [7, 11) is 0. The molecular formula is C8H14O3S. The van der Waals surface area contributed by atoms with Crippen molar-refractivity contribution in [2.75, 3.05) is 5.75 Å².